The maximum Gasteiger partial charge on any atom is 0.182 e. The van der Waals surface area contributed by atoms with Gasteiger partial charge in [0.2, 0.25) is 0 Å². The van der Waals surface area contributed by atoms with E-state index in [4.69, 9.17) is 5.73 Å². The number of rotatable bonds is 3. The summed E-state index contributed by atoms with van der Waals surface area (Å²) in [6.07, 6.45) is 5.32. The van der Waals surface area contributed by atoms with Gasteiger partial charge in [-0.25, -0.2) is 0 Å². The zero-order chi connectivity index (χ0) is 10.8. The molecule has 0 aliphatic rings. The normalized spacial score (nSPS) is 13.3. The van der Waals surface area contributed by atoms with Crippen molar-refractivity contribution in [2.24, 2.45) is 5.73 Å². The van der Waals surface area contributed by atoms with Gasteiger partial charge in [-0.3, -0.25) is 9.38 Å². The third kappa shape index (κ3) is 1.83. The second-order valence-corrected chi connectivity index (χ2v) is 3.69. The molecule has 0 amide bonds. The third-order valence-electron chi connectivity index (χ3n) is 2.55. The summed E-state index contributed by atoms with van der Waals surface area (Å²) in [7, 11) is 0. The molecular formula is C10H15N5. The third-order valence-corrected chi connectivity index (χ3v) is 2.55. The monoisotopic (exact) mass is 205 g/mol. The molecule has 0 bridgehead atoms. The highest BCUT2D eigenvalue weighted by atomic mass is 15.2. The minimum absolute atomic E-state index is 0.140. The lowest BCUT2D eigenvalue weighted by atomic mass is 10.1. The largest absolute Gasteiger partial charge is 0.327 e. The van der Waals surface area contributed by atoms with Crippen molar-refractivity contribution in [3.63, 3.8) is 0 Å². The van der Waals surface area contributed by atoms with Crippen LogP contribution in [0.25, 0.3) is 5.65 Å². The summed E-state index contributed by atoms with van der Waals surface area (Å²) in [4.78, 5) is 4.30. The Morgan fingerprint density at radius 2 is 2.27 bits per heavy atom. The fraction of sp³-hybridized carbons (Fsp3) is 0.500. The van der Waals surface area contributed by atoms with Gasteiger partial charge in [-0.2, -0.15) is 0 Å². The molecule has 1 atom stereocenters. The summed E-state index contributed by atoms with van der Waals surface area (Å²) in [5.41, 5.74) is 7.65. The maximum atomic E-state index is 5.91. The van der Waals surface area contributed by atoms with Crippen molar-refractivity contribution in [2.45, 2.75) is 32.7 Å². The molecule has 0 aliphatic heterocycles. The zero-order valence-electron chi connectivity index (χ0n) is 9.01. The minimum atomic E-state index is 0.140. The van der Waals surface area contributed by atoms with E-state index in [0.717, 1.165) is 30.0 Å². The summed E-state index contributed by atoms with van der Waals surface area (Å²) in [6, 6.07) is 0.140. The van der Waals surface area contributed by atoms with Crippen LogP contribution in [-0.2, 0) is 6.42 Å². The van der Waals surface area contributed by atoms with Gasteiger partial charge in [0.15, 0.2) is 5.65 Å². The average Bonchev–Trinajstić information content (AvgIpc) is 2.62. The van der Waals surface area contributed by atoms with Crippen LogP contribution in [0.1, 0.15) is 24.9 Å². The van der Waals surface area contributed by atoms with E-state index in [1.807, 2.05) is 17.5 Å². The zero-order valence-corrected chi connectivity index (χ0v) is 9.01. The van der Waals surface area contributed by atoms with Crippen LogP contribution in [0.3, 0.4) is 0 Å². The van der Waals surface area contributed by atoms with Gasteiger partial charge in [0.05, 0.1) is 5.69 Å². The molecule has 0 saturated heterocycles. The van der Waals surface area contributed by atoms with Gasteiger partial charge < -0.3 is 5.73 Å². The fourth-order valence-electron chi connectivity index (χ4n) is 1.53. The van der Waals surface area contributed by atoms with Gasteiger partial charge >= 0.3 is 0 Å². The summed E-state index contributed by atoms with van der Waals surface area (Å²) < 4.78 is 1.94. The Labute approximate surface area is 88.3 Å². The molecule has 0 spiro atoms. The molecule has 1 unspecified atom stereocenters. The van der Waals surface area contributed by atoms with Crippen molar-refractivity contribution < 1.29 is 0 Å². The highest BCUT2D eigenvalue weighted by Gasteiger charge is 2.10. The van der Waals surface area contributed by atoms with E-state index >= 15 is 0 Å². The Kier molecular flexibility index (Phi) is 2.64. The Morgan fingerprint density at radius 1 is 1.47 bits per heavy atom. The molecule has 2 N–H and O–H groups in total. The Hall–Kier alpha value is -1.49. The molecule has 0 saturated carbocycles. The lowest BCUT2D eigenvalue weighted by molar-refractivity contribution is 0.637. The predicted octanol–water partition coefficient (Wildman–Crippen LogP) is 0.713. The average molecular weight is 205 g/mol. The molecule has 2 heterocycles. The van der Waals surface area contributed by atoms with Crippen molar-refractivity contribution in [3.05, 3.63) is 23.9 Å². The number of nitrogens with zero attached hydrogens (tertiary/aromatic N) is 4. The predicted molar refractivity (Wildman–Crippen MR) is 57.5 cm³/mol. The van der Waals surface area contributed by atoms with E-state index < -0.39 is 0 Å². The van der Waals surface area contributed by atoms with Gasteiger partial charge in [0, 0.05) is 24.9 Å². The van der Waals surface area contributed by atoms with E-state index in [-0.39, 0.29) is 6.04 Å². The van der Waals surface area contributed by atoms with Crippen LogP contribution < -0.4 is 5.73 Å². The summed E-state index contributed by atoms with van der Waals surface area (Å²) in [5.74, 6) is 0.874. The molecule has 0 radical (unpaired) electrons. The highest BCUT2D eigenvalue weighted by molar-refractivity contribution is 5.43. The Bertz CT molecular complexity index is 462. The van der Waals surface area contributed by atoms with Crippen molar-refractivity contribution in [2.75, 3.05) is 0 Å². The van der Waals surface area contributed by atoms with Crippen LogP contribution in [0.5, 0.6) is 0 Å². The second-order valence-electron chi connectivity index (χ2n) is 3.69. The number of hydrogen-bond acceptors (Lipinski definition) is 4. The number of aryl methyl sites for hydroxylation is 1. The molecular weight excluding hydrogens is 190 g/mol. The first-order valence-electron chi connectivity index (χ1n) is 5.13. The van der Waals surface area contributed by atoms with Crippen LogP contribution in [0.15, 0.2) is 12.4 Å². The van der Waals surface area contributed by atoms with Gasteiger partial charge in [-0.15, -0.1) is 10.2 Å². The van der Waals surface area contributed by atoms with Crippen molar-refractivity contribution in [1.82, 2.24) is 19.6 Å². The van der Waals surface area contributed by atoms with Gasteiger partial charge in [-0.1, -0.05) is 6.92 Å². The lowest BCUT2D eigenvalue weighted by Crippen LogP contribution is -2.22. The van der Waals surface area contributed by atoms with E-state index in [0.29, 0.717) is 0 Å². The number of aromatic nitrogens is 4. The minimum Gasteiger partial charge on any atom is -0.327 e. The first-order chi connectivity index (χ1) is 7.22. The van der Waals surface area contributed by atoms with E-state index in [1.165, 1.54) is 0 Å². The molecule has 0 aromatic carbocycles. The standard InChI is InChI=1S/C10H15N5/c1-3-8(11)6-9-10-14-13-7(2)15(10)5-4-12-9/h4-5,8H,3,6,11H2,1-2H3. The summed E-state index contributed by atoms with van der Waals surface area (Å²) in [6.45, 7) is 3.99. The van der Waals surface area contributed by atoms with Crippen LogP contribution in [0, 0.1) is 6.92 Å². The van der Waals surface area contributed by atoms with Crippen molar-refractivity contribution in [3.8, 4) is 0 Å². The van der Waals surface area contributed by atoms with E-state index in [2.05, 4.69) is 22.1 Å². The van der Waals surface area contributed by atoms with Crippen LogP contribution >= 0.6 is 0 Å². The molecule has 0 aliphatic carbocycles. The topological polar surface area (TPSA) is 69.1 Å². The van der Waals surface area contributed by atoms with Crippen molar-refractivity contribution in [1.29, 1.82) is 0 Å². The van der Waals surface area contributed by atoms with E-state index in [9.17, 15) is 0 Å². The summed E-state index contributed by atoms with van der Waals surface area (Å²) in [5, 5.41) is 8.12. The molecule has 15 heavy (non-hydrogen) atoms. The fourth-order valence-corrected chi connectivity index (χ4v) is 1.53. The molecule has 2 aromatic heterocycles. The van der Waals surface area contributed by atoms with Gasteiger partial charge in [0.25, 0.3) is 0 Å². The van der Waals surface area contributed by atoms with Crippen molar-refractivity contribution >= 4 is 5.65 Å². The Morgan fingerprint density at radius 3 is 3.00 bits per heavy atom. The second kappa shape index (κ2) is 3.94. The van der Waals surface area contributed by atoms with Crippen LogP contribution in [0.4, 0.5) is 0 Å². The number of nitrogens with two attached hydrogens (primary N) is 1. The van der Waals surface area contributed by atoms with E-state index in [1.54, 1.807) is 6.20 Å². The summed E-state index contributed by atoms with van der Waals surface area (Å²) >= 11 is 0. The first kappa shape index (κ1) is 10.0. The maximum absolute atomic E-state index is 5.91. The number of fused-ring (bicyclic) bond motifs is 1. The molecule has 5 nitrogen and oxygen atoms in total. The quantitative estimate of drug-likeness (QED) is 0.801. The molecule has 5 heteroatoms. The van der Waals surface area contributed by atoms with Gasteiger partial charge in [0.1, 0.15) is 5.82 Å². The molecule has 80 valence electrons. The molecule has 2 rings (SSSR count). The SMILES string of the molecule is CCC(N)Cc1nccn2c(C)nnc12. The molecule has 2 aromatic rings. The smallest absolute Gasteiger partial charge is 0.182 e. The number of hydrogen-bond donors (Lipinski definition) is 1. The lowest BCUT2D eigenvalue weighted by Gasteiger charge is -2.07. The molecule has 0 fully saturated rings. The highest BCUT2D eigenvalue weighted by Crippen LogP contribution is 2.09. The van der Waals surface area contributed by atoms with Crippen LogP contribution in [-0.4, -0.2) is 25.6 Å². The first-order valence-corrected chi connectivity index (χ1v) is 5.13. The Balaban J connectivity index is 2.43. The van der Waals surface area contributed by atoms with Gasteiger partial charge in [-0.05, 0) is 13.3 Å². The van der Waals surface area contributed by atoms with Crippen LogP contribution in [0.2, 0.25) is 0 Å².